The number of carbonyl (C=O) groups excluding carboxylic acids is 1. The van der Waals surface area contributed by atoms with Crippen LogP contribution in [0.5, 0.6) is 0 Å². The number of oxazole rings is 1. The van der Waals surface area contributed by atoms with Crippen LogP contribution in [0.2, 0.25) is 0 Å². The second kappa shape index (κ2) is 6.95. The highest BCUT2D eigenvalue weighted by atomic mass is 19.4. The van der Waals surface area contributed by atoms with Gasteiger partial charge in [0.2, 0.25) is 0 Å². The van der Waals surface area contributed by atoms with E-state index in [4.69, 9.17) is 4.42 Å². The van der Waals surface area contributed by atoms with Crippen LogP contribution in [0.15, 0.2) is 57.7 Å². The Morgan fingerprint density at radius 1 is 1.08 bits per heavy atom. The average molecular weight is 365 g/mol. The Kier molecular flexibility index (Phi) is 4.70. The van der Waals surface area contributed by atoms with Gasteiger partial charge in [0.15, 0.2) is 5.58 Å². The first kappa shape index (κ1) is 17.6. The van der Waals surface area contributed by atoms with Crippen LogP contribution in [0.3, 0.4) is 0 Å². The number of para-hydroxylation sites is 2. The number of benzene rings is 2. The molecule has 0 radical (unpaired) electrons. The highest BCUT2D eigenvalue weighted by molar-refractivity contribution is 5.89. The van der Waals surface area contributed by atoms with Crippen LogP contribution in [0.25, 0.3) is 11.1 Å². The number of nitrogens with zero attached hydrogens (tertiary/aromatic N) is 1. The normalized spacial score (nSPS) is 11.5. The highest BCUT2D eigenvalue weighted by Crippen LogP contribution is 2.29. The molecule has 0 aliphatic heterocycles. The van der Waals surface area contributed by atoms with Crippen molar-refractivity contribution in [2.75, 3.05) is 11.9 Å². The fraction of sp³-hybridized carbons (Fsp3) is 0.176. The first-order valence-corrected chi connectivity index (χ1v) is 7.65. The number of nitrogens with one attached hydrogen (secondary N) is 2. The largest absolute Gasteiger partial charge is 0.420 e. The summed E-state index contributed by atoms with van der Waals surface area (Å²) in [6.07, 6.45) is -4.43. The fourth-order valence-electron chi connectivity index (χ4n) is 2.42. The smallest absolute Gasteiger partial charge is 0.408 e. The molecule has 0 saturated carbocycles. The first-order valence-electron chi connectivity index (χ1n) is 7.65. The average Bonchev–Trinajstić information content (AvgIpc) is 2.90. The van der Waals surface area contributed by atoms with Gasteiger partial charge in [-0.15, -0.1) is 0 Å². The van der Waals surface area contributed by atoms with E-state index >= 15 is 0 Å². The van der Waals surface area contributed by atoms with Gasteiger partial charge in [-0.1, -0.05) is 12.1 Å². The quantitative estimate of drug-likeness (QED) is 0.744. The van der Waals surface area contributed by atoms with Gasteiger partial charge in [0.05, 0.1) is 11.1 Å². The number of anilines is 1. The third-order valence-electron chi connectivity index (χ3n) is 3.66. The number of amides is 2. The van der Waals surface area contributed by atoms with Crippen molar-refractivity contribution in [3.63, 3.8) is 0 Å². The van der Waals surface area contributed by atoms with Crippen LogP contribution in [-0.2, 0) is 12.7 Å². The lowest BCUT2D eigenvalue weighted by Gasteiger charge is -2.10. The number of carbonyl (C=O) groups is 1. The standard InChI is InChI=1S/C17H14F3N3O3/c18-17(19,20)11-5-7-12(8-6-11)22-15(24)21-9-10-23-13-3-1-2-4-14(13)26-16(23)25/h1-8H,9-10H2,(H2,21,22,24). The Balaban J connectivity index is 1.56. The minimum atomic E-state index is -4.43. The van der Waals surface area contributed by atoms with E-state index in [0.29, 0.717) is 11.1 Å². The number of fused-ring (bicyclic) bond motifs is 1. The molecule has 26 heavy (non-hydrogen) atoms. The SMILES string of the molecule is O=C(NCCn1c(=O)oc2ccccc21)Nc1ccc(C(F)(F)F)cc1. The number of urea groups is 1. The first-order chi connectivity index (χ1) is 12.3. The zero-order valence-corrected chi connectivity index (χ0v) is 13.3. The topological polar surface area (TPSA) is 76.3 Å². The molecule has 0 unspecified atom stereocenters. The van der Waals surface area contributed by atoms with Gasteiger partial charge in [0.25, 0.3) is 0 Å². The molecule has 3 rings (SSSR count). The van der Waals surface area contributed by atoms with Gasteiger partial charge in [-0.3, -0.25) is 4.57 Å². The van der Waals surface area contributed by atoms with Crippen molar-refractivity contribution in [3.05, 3.63) is 64.6 Å². The Hall–Kier alpha value is -3.23. The Morgan fingerprint density at radius 2 is 1.77 bits per heavy atom. The molecule has 2 amide bonds. The van der Waals surface area contributed by atoms with E-state index in [1.54, 1.807) is 24.3 Å². The molecule has 0 aliphatic carbocycles. The van der Waals surface area contributed by atoms with Crippen LogP contribution in [0.1, 0.15) is 5.56 Å². The highest BCUT2D eigenvalue weighted by Gasteiger charge is 2.29. The van der Waals surface area contributed by atoms with Gasteiger partial charge in [-0.25, -0.2) is 9.59 Å². The van der Waals surface area contributed by atoms with Crippen LogP contribution in [0.4, 0.5) is 23.7 Å². The zero-order chi connectivity index (χ0) is 18.7. The lowest BCUT2D eigenvalue weighted by Crippen LogP contribution is -2.32. The third kappa shape index (κ3) is 3.88. The zero-order valence-electron chi connectivity index (χ0n) is 13.3. The summed E-state index contributed by atoms with van der Waals surface area (Å²) in [6.45, 7) is 0.326. The number of alkyl halides is 3. The number of hydrogen-bond donors (Lipinski definition) is 2. The van der Waals surface area contributed by atoms with E-state index in [-0.39, 0.29) is 18.8 Å². The molecule has 136 valence electrons. The summed E-state index contributed by atoms with van der Waals surface area (Å²) in [6, 6.07) is 10.4. The summed E-state index contributed by atoms with van der Waals surface area (Å²) in [7, 11) is 0. The molecule has 6 nitrogen and oxygen atoms in total. The fourth-order valence-corrected chi connectivity index (χ4v) is 2.42. The van der Waals surface area contributed by atoms with Gasteiger partial charge in [0.1, 0.15) is 0 Å². The van der Waals surface area contributed by atoms with E-state index in [0.717, 1.165) is 24.3 Å². The van der Waals surface area contributed by atoms with E-state index < -0.39 is 23.5 Å². The Bertz CT molecular complexity index is 975. The van der Waals surface area contributed by atoms with E-state index in [1.165, 1.54) is 4.57 Å². The van der Waals surface area contributed by atoms with Gasteiger partial charge in [-0.05, 0) is 36.4 Å². The molecule has 0 aliphatic rings. The molecule has 9 heteroatoms. The molecule has 1 heterocycles. The molecule has 2 aromatic carbocycles. The molecule has 0 fully saturated rings. The second-order valence-electron chi connectivity index (χ2n) is 5.44. The van der Waals surface area contributed by atoms with Gasteiger partial charge >= 0.3 is 18.0 Å². The maximum Gasteiger partial charge on any atom is 0.420 e. The minimum Gasteiger partial charge on any atom is -0.408 e. The summed E-state index contributed by atoms with van der Waals surface area (Å²) < 4.78 is 43.9. The number of hydrogen-bond acceptors (Lipinski definition) is 3. The van der Waals surface area contributed by atoms with Crippen LogP contribution in [0, 0.1) is 0 Å². The van der Waals surface area contributed by atoms with Gasteiger partial charge < -0.3 is 15.1 Å². The lowest BCUT2D eigenvalue weighted by molar-refractivity contribution is -0.137. The monoisotopic (exact) mass is 365 g/mol. The summed E-state index contributed by atoms with van der Waals surface area (Å²) in [5.74, 6) is -0.531. The Morgan fingerprint density at radius 3 is 2.46 bits per heavy atom. The minimum absolute atomic E-state index is 0.135. The molecule has 1 aromatic heterocycles. The van der Waals surface area contributed by atoms with Crippen LogP contribution < -0.4 is 16.4 Å². The molecular weight excluding hydrogens is 351 g/mol. The van der Waals surface area contributed by atoms with Crippen molar-refractivity contribution in [3.8, 4) is 0 Å². The van der Waals surface area contributed by atoms with E-state index in [2.05, 4.69) is 10.6 Å². The van der Waals surface area contributed by atoms with Gasteiger partial charge in [0, 0.05) is 18.8 Å². The third-order valence-corrected chi connectivity index (χ3v) is 3.66. The number of halogens is 3. The molecule has 0 bridgehead atoms. The predicted molar refractivity (Wildman–Crippen MR) is 88.9 cm³/mol. The van der Waals surface area contributed by atoms with Crippen molar-refractivity contribution in [1.29, 1.82) is 0 Å². The van der Waals surface area contributed by atoms with E-state index in [9.17, 15) is 22.8 Å². The number of rotatable bonds is 4. The predicted octanol–water partition coefficient (Wildman–Crippen LogP) is 3.44. The Labute approximate surface area is 145 Å². The van der Waals surface area contributed by atoms with Crippen molar-refractivity contribution < 1.29 is 22.4 Å². The molecule has 3 aromatic rings. The lowest BCUT2D eigenvalue weighted by atomic mass is 10.2. The molecule has 0 saturated heterocycles. The second-order valence-corrected chi connectivity index (χ2v) is 5.44. The molecule has 2 N–H and O–H groups in total. The summed E-state index contributed by atoms with van der Waals surface area (Å²) in [4.78, 5) is 23.6. The van der Waals surface area contributed by atoms with Gasteiger partial charge in [-0.2, -0.15) is 13.2 Å². The number of aromatic nitrogens is 1. The van der Waals surface area contributed by atoms with E-state index in [1.807, 2.05) is 0 Å². The maximum absolute atomic E-state index is 12.5. The van der Waals surface area contributed by atoms with Crippen molar-refractivity contribution in [1.82, 2.24) is 9.88 Å². The summed E-state index contributed by atoms with van der Waals surface area (Å²) in [5, 5.41) is 4.96. The van der Waals surface area contributed by atoms with Crippen molar-refractivity contribution in [2.45, 2.75) is 12.7 Å². The van der Waals surface area contributed by atoms with Crippen LogP contribution >= 0.6 is 0 Å². The molecule has 0 atom stereocenters. The molecular formula is C17H14F3N3O3. The van der Waals surface area contributed by atoms with Crippen molar-refractivity contribution >= 4 is 22.8 Å². The molecule has 0 spiro atoms. The maximum atomic E-state index is 12.5. The summed E-state index contributed by atoms with van der Waals surface area (Å²) >= 11 is 0. The summed E-state index contributed by atoms with van der Waals surface area (Å²) in [5.41, 5.74) is 0.491. The van der Waals surface area contributed by atoms with Crippen LogP contribution in [-0.4, -0.2) is 17.1 Å². The van der Waals surface area contributed by atoms with Crippen molar-refractivity contribution in [2.24, 2.45) is 0 Å².